The van der Waals surface area contributed by atoms with E-state index in [1.54, 1.807) is 6.07 Å². The molecule has 1 heterocycles. The zero-order valence-corrected chi connectivity index (χ0v) is 11.3. The van der Waals surface area contributed by atoms with Crippen LogP contribution in [0, 0.1) is 0 Å². The van der Waals surface area contributed by atoms with Gasteiger partial charge in [-0.1, -0.05) is 30.3 Å². The maximum absolute atomic E-state index is 11.8. The fraction of sp³-hybridized carbons (Fsp3) is 0. The van der Waals surface area contributed by atoms with Crippen LogP contribution >= 0.6 is 0 Å². The smallest absolute Gasteiger partial charge is 0.364 e. The fourth-order valence-corrected chi connectivity index (χ4v) is 1.92. The van der Waals surface area contributed by atoms with Crippen molar-refractivity contribution < 1.29 is 10.2 Å². The van der Waals surface area contributed by atoms with Gasteiger partial charge in [0, 0.05) is 5.56 Å². The number of benzene rings is 2. The van der Waals surface area contributed by atoms with Crippen molar-refractivity contribution in [2.75, 3.05) is 0 Å². The number of hydrogen-bond donors (Lipinski definition) is 3. The van der Waals surface area contributed by atoms with Gasteiger partial charge in [0.25, 0.3) is 0 Å². The standard InChI is InChI=1S/C15H12N4O3/c20-12-7-6-10(8-13(12)21)9-16-19-14(17-18-15(19)22)11-4-2-1-3-5-11/h1-9,20-21H,(H,18,22)/b16-9+. The molecule has 0 aliphatic heterocycles. The molecule has 0 bridgehead atoms. The van der Waals surface area contributed by atoms with E-state index in [9.17, 15) is 15.0 Å². The van der Waals surface area contributed by atoms with E-state index < -0.39 is 5.69 Å². The Morgan fingerprint density at radius 3 is 2.59 bits per heavy atom. The fourth-order valence-electron chi connectivity index (χ4n) is 1.92. The molecule has 110 valence electrons. The van der Waals surface area contributed by atoms with Crippen LogP contribution in [0.3, 0.4) is 0 Å². The van der Waals surface area contributed by atoms with E-state index in [1.165, 1.54) is 18.3 Å². The van der Waals surface area contributed by atoms with Crippen LogP contribution in [-0.4, -0.2) is 31.3 Å². The third-order valence-electron chi connectivity index (χ3n) is 3.00. The molecule has 22 heavy (non-hydrogen) atoms. The molecule has 0 aliphatic rings. The van der Waals surface area contributed by atoms with Crippen molar-refractivity contribution >= 4 is 6.21 Å². The minimum atomic E-state index is -0.474. The number of rotatable bonds is 3. The summed E-state index contributed by atoms with van der Waals surface area (Å²) in [5, 5.41) is 29.1. The highest BCUT2D eigenvalue weighted by atomic mass is 16.3. The Balaban J connectivity index is 1.99. The Labute approximate surface area is 124 Å². The highest BCUT2D eigenvalue weighted by Gasteiger charge is 2.09. The number of aromatic amines is 1. The van der Waals surface area contributed by atoms with Gasteiger partial charge < -0.3 is 10.2 Å². The van der Waals surface area contributed by atoms with Crippen molar-refractivity contribution in [3.8, 4) is 22.9 Å². The number of nitrogens with one attached hydrogen (secondary N) is 1. The molecule has 0 saturated carbocycles. The van der Waals surface area contributed by atoms with E-state index in [-0.39, 0.29) is 11.5 Å². The molecule has 1 aromatic heterocycles. The molecule has 0 aliphatic carbocycles. The molecule has 3 rings (SSSR count). The van der Waals surface area contributed by atoms with Crippen molar-refractivity contribution in [1.82, 2.24) is 14.9 Å². The Morgan fingerprint density at radius 2 is 1.86 bits per heavy atom. The maximum atomic E-state index is 11.8. The number of phenols is 2. The summed E-state index contributed by atoms with van der Waals surface area (Å²) < 4.78 is 1.12. The topological polar surface area (TPSA) is 104 Å². The summed E-state index contributed by atoms with van der Waals surface area (Å²) in [6, 6.07) is 13.4. The van der Waals surface area contributed by atoms with Gasteiger partial charge >= 0.3 is 5.69 Å². The summed E-state index contributed by atoms with van der Waals surface area (Å²) in [6.45, 7) is 0. The first-order chi connectivity index (χ1) is 10.6. The highest BCUT2D eigenvalue weighted by Crippen LogP contribution is 2.24. The van der Waals surface area contributed by atoms with Crippen LogP contribution in [-0.2, 0) is 0 Å². The molecule has 2 aromatic carbocycles. The predicted molar refractivity (Wildman–Crippen MR) is 81.0 cm³/mol. The van der Waals surface area contributed by atoms with Gasteiger partial charge in [0.2, 0.25) is 0 Å². The molecule has 0 saturated heterocycles. The summed E-state index contributed by atoms with van der Waals surface area (Å²) in [4.78, 5) is 11.8. The van der Waals surface area contributed by atoms with Gasteiger partial charge in [-0.25, -0.2) is 9.89 Å². The van der Waals surface area contributed by atoms with E-state index in [4.69, 9.17) is 0 Å². The largest absolute Gasteiger partial charge is 0.504 e. The van der Waals surface area contributed by atoms with Crippen molar-refractivity contribution in [3.05, 3.63) is 64.6 Å². The van der Waals surface area contributed by atoms with Gasteiger partial charge in [-0.2, -0.15) is 14.9 Å². The number of phenolic OH excluding ortho intramolecular Hbond substituents is 2. The first-order valence-corrected chi connectivity index (χ1v) is 6.44. The summed E-state index contributed by atoms with van der Waals surface area (Å²) in [6.07, 6.45) is 1.39. The zero-order valence-electron chi connectivity index (χ0n) is 11.3. The SMILES string of the molecule is O=c1[nH]nc(-c2ccccc2)n1/N=C/c1ccc(O)c(O)c1. The zero-order chi connectivity index (χ0) is 15.5. The van der Waals surface area contributed by atoms with Gasteiger partial charge in [-0.05, 0) is 23.8 Å². The maximum Gasteiger partial charge on any atom is 0.364 e. The Morgan fingerprint density at radius 1 is 1.09 bits per heavy atom. The minimum absolute atomic E-state index is 0.220. The van der Waals surface area contributed by atoms with E-state index >= 15 is 0 Å². The molecular formula is C15H12N4O3. The molecule has 7 nitrogen and oxygen atoms in total. The van der Waals surface area contributed by atoms with Gasteiger partial charge in [0.1, 0.15) is 0 Å². The summed E-state index contributed by atoms with van der Waals surface area (Å²) >= 11 is 0. The Hall–Kier alpha value is -3.35. The minimum Gasteiger partial charge on any atom is -0.504 e. The summed E-state index contributed by atoms with van der Waals surface area (Å²) in [7, 11) is 0. The molecule has 0 spiro atoms. The monoisotopic (exact) mass is 296 g/mol. The van der Waals surface area contributed by atoms with Crippen LogP contribution in [0.5, 0.6) is 11.5 Å². The molecule has 3 N–H and O–H groups in total. The predicted octanol–water partition coefficient (Wildman–Crippen LogP) is 1.53. The van der Waals surface area contributed by atoms with Crippen LogP contribution in [0.4, 0.5) is 0 Å². The first kappa shape index (κ1) is 13.6. The number of hydrogen-bond acceptors (Lipinski definition) is 5. The molecule has 0 amide bonds. The van der Waals surface area contributed by atoms with Crippen molar-refractivity contribution in [2.45, 2.75) is 0 Å². The number of nitrogens with zero attached hydrogens (tertiary/aromatic N) is 3. The molecule has 0 fully saturated rings. The van der Waals surface area contributed by atoms with Crippen LogP contribution in [0.1, 0.15) is 5.56 Å². The molecule has 0 radical (unpaired) electrons. The Kier molecular flexibility index (Phi) is 3.45. The van der Waals surface area contributed by atoms with E-state index in [0.717, 1.165) is 10.2 Å². The quantitative estimate of drug-likeness (QED) is 0.503. The van der Waals surface area contributed by atoms with Crippen LogP contribution < -0.4 is 5.69 Å². The molecule has 0 atom stereocenters. The number of H-pyrrole nitrogens is 1. The molecule has 0 unspecified atom stereocenters. The highest BCUT2D eigenvalue weighted by molar-refractivity contribution is 5.80. The second kappa shape index (κ2) is 5.57. The lowest BCUT2D eigenvalue weighted by Gasteiger charge is -2.00. The van der Waals surface area contributed by atoms with E-state index in [1.807, 2.05) is 30.3 Å². The van der Waals surface area contributed by atoms with Crippen molar-refractivity contribution in [1.29, 1.82) is 0 Å². The van der Waals surface area contributed by atoms with Gasteiger partial charge in [0.05, 0.1) is 6.21 Å². The molecule has 7 heteroatoms. The van der Waals surface area contributed by atoms with Gasteiger partial charge in [-0.3, -0.25) is 0 Å². The second-order valence-corrected chi connectivity index (χ2v) is 4.52. The number of aromatic nitrogens is 3. The van der Waals surface area contributed by atoms with Crippen LogP contribution in [0.15, 0.2) is 58.4 Å². The average Bonchev–Trinajstić information content (AvgIpc) is 2.90. The Bertz CT molecular complexity index is 881. The lowest BCUT2D eigenvalue weighted by atomic mass is 10.2. The van der Waals surface area contributed by atoms with Gasteiger partial charge in [0.15, 0.2) is 17.3 Å². The van der Waals surface area contributed by atoms with E-state index in [0.29, 0.717) is 11.4 Å². The first-order valence-electron chi connectivity index (χ1n) is 6.44. The summed E-state index contributed by atoms with van der Waals surface area (Å²) in [5.41, 5.74) is 0.798. The molecule has 3 aromatic rings. The summed E-state index contributed by atoms with van der Waals surface area (Å²) in [5.74, 6) is -0.0979. The van der Waals surface area contributed by atoms with Crippen LogP contribution in [0.2, 0.25) is 0 Å². The number of aromatic hydroxyl groups is 2. The van der Waals surface area contributed by atoms with Gasteiger partial charge in [-0.15, -0.1) is 0 Å². The third kappa shape index (κ3) is 2.59. The van der Waals surface area contributed by atoms with Crippen molar-refractivity contribution in [2.24, 2.45) is 5.10 Å². The normalized spacial score (nSPS) is 11.1. The average molecular weight is 296 g/mol. The van der Waals surface area contributed by atoms with E-state index in [2.05, 4.69) is 15.3 Å². The second-order valence-electron chi connectivity index (χ2n) is 4.52. The third-order valence-corrected chi connectivity index (χ3v) is 3.00. The lowest BCUT2D eigenvalue weighted by Crippen LogP contribution is -2.13. The molecular weight excluding hydrogens is 284 g/mol. The van der Waals surface area contributed by atoms with Crippen LogP contribution in [0.25, 0.3) is 11.4 Å². The van der Waals surface area contributed by atoms with Crippen molar-refractivity contribution in [3.63, 3.8) is 0 Å². The lowest BCUT2D eigenvalue weighted by molar-refractivity contribution is 0.403.